The summed E-state index contributed by atoms with van der Waals surface area (Å²) >= 11 is 0. The Balaban J connectivity index is 2.75. The van der Waals surface area contributed by atoms with E-state index in [0.717, 1.165) is 6.20 Å². The van der Waals surface area contributed by atoms with Gasteiger partial charge in [-0.15, -0.1) is 0 Å². The van der Waals surface area contributed by atoms with Crippen LogP contribution in [-0.4, -0.2) is 15.6 Å². The smallest absolute Gasteiger partial charge is 0.379 e. The Hall–Kier alpha value is -1.91. The van der Waals surface area contributed by atoms with Crippen LogP contribution in [0, 0.1) is 0 Å². The normalized spacial score (nSPS) is 11.9. The molecule has 0 spiro atoms. The number of halogens is 2. The van der Waals surface area contributed by atoms with Gasteiger partial charge in [0.05, 0.1) is 5.56 Å². The molecule has 0 atom stereocenters. The van der Waals surface area contributed by atoms with Gasteiger partial charge in [-0.1, -0.05) is 18.2 Å². The highest BCUT2D eigenvalue weighted by Crippen LogP contribution is 2.34. The summed E-state index contributed by atoms with van der Waals surface area (Å²) in [6.45, 7) is 0. The molecule has 0 saturated carbocycles. The molecular formula is C11H9F2NO2. The quantitative estimate of drug-likeness (QED) is 0.852. The van der Waals surface area contributed by atoms with E-state index < -0.39 is 17.5 Å². The predicted octanol–water partition coefficient (Wildman–Crippen LogP) is 2.35. The molecule has 1 N–H and O–H groups in total. The van der Waals surface area contributed by atoms with Gasteiger partial charge in [0.2, 0.25) is 0 Å². The first-order chi connectivity index (χ1) is 7.44. The summed E-state index contributed by atoms with van der Waals surface area (Å²) in [7, 11) is 1.60. The van der Waals surface area contributed by atoms with E-state index in [-0.39, 0.29) is 5.39 Å². The van der Waals surface area contributed by atoms with Gasteiger partial charge >= 0.3 is 11.9 Å². The first-order valence-electron chi connectivity index (χ1n) is 4.60. The van der Waals surface area contributed by atoms with Crippen LogP contribution in [0.4, 0.5) is 8.78 Å². The van der Waals surface area contributed by atoms with Crippen LogP contribution in [-0.2, 0) is 17.8 Å². The van der Waals surface area contributed by atoms with Crippen molar-refractivity contribution in [3.05, 3.63) is 36.0 Å². The molecular weight excluding hydrogens is 216 g/mol. The van der Waals surface area contributed by atoms with Crippen LogP contribution >= 0.6 is 0 Å². The molecule has 0 bridgehead atoms. The number of aromatic nitrogens is 1. The number of rotatable bonds is 2. The zero-order valence-corrected chi connectivity index (χ0v) is 8.45. The largest absolute Gasteiger partial charge is 0.477 e. The average molecular weight is 225 g/mol. The van der Waals surface area contributed by atoms with Crippen LogP contribution in [0.25, 0.3) is 10.9 Å². The molecule has 0 amide bonds. The molecule has 2 rings (SSSR count). The second kappa shape index (κ2) is 3.30. The van der Waals surface area contributed by atoms with Crippen LogP contribution in [0.2, 0.25) is 0 Å². The van der Waals surface area contributed by atoms with E-state index in [1.54, 1.807) is 25.2 Å². The Bertz CT molecular complexity index is 560. The zero-order valence-electron chi connectivity index (χ0n) is 8.45. The molecule has 84 valence electrons. The number of hydrogen-bond donors (Lipinski definition) is 1. The van der Waals surface area contributed by atoms with Crippen LogP contribution < -0.4 is 0 Å². The molecule has 1 heterocycles. The third-order valence-corrected chi connectivity index (χ3v) is 2.50. The van der Waals surface area contributed by atoms with Gasteiger partial charge < -0.3 is 9.67 Å². The standard InChI is InChI=1S/C11H9F2NO2/c1-14-6-8(11(12,13)10(15)16)7-4-2-3-5-9(7)14/h2-6H,1H3,(H,15,16). The highest BCUT2D eigenvalue weighted by molar-refractivity contribution is 5.90. The number of benzene rings is 1. The molecule has 0 fully saturated rings. The first kappa shape index (κ1) is 10.6. The van der Waals surface area contributed by atoms with Gasteiger partial charge in [-0.05, 0) is 6.07 Å². The van der Waals surface area contributed by atoms with E-state index >= 15 is 0 Å². The summed E-state index contributed by atoms with van der Waals surface area (Å²) in [5, 5.41) is 8.77. The predicted molar refractivity (Wildman–Crippen MR) is 54.4 cm³/mol. The summed E-state index contributed by atoms with van der Waals surface area (Å²) in [6, 6.07) is 6.47. The topological polar surface area (TPSA) is 42.2 Å². The van der Waals surface area contributed by atoms with Crippen LogP contribution in [0.1, 0.15) is 5.56 Å². The highest BCUT2D eigenvalue weighted by Gasteiger charge is 2.43. The maximum atomic E-state index is 13.4. The number of nitrogens with zero attached hydrogens (tertiary/aromatic N) is 1. The Morgan fingerprint density at radius 2 is 2.00 bits per heavy atom. The molecule has 5 heteroatoms. The monoisotopic (exact) mass is 225 g/mol. The summed E-state index contributed by atoms with van der Waals surface area (Å²) in [5.41, 5.74) is 0.108. The van der Waals surface area contributed by atoms with Crippen molar-refractivity contribution in [1.29, 1.82) is 0 Å². The molecule has 3 nitrogen and oxygen atoms in total. The van der Waals surface area contributed by atoms with Crippen LogP contribution in [0.5, 0.6) is 0 Å². The fourth-order valence-corrected chi connectivity index (χ4v) is 1.71. The second-order valence-electron chi connectivity index (χ2n) is 3.55. The number of carboxylic acid groups (broad SMARTS) is 1. The minimum atomic E-state index is -3.86. The Labute approximate surface area is 89.9 Å². The van der Waals surface area contributed by atoms with Gasteiger partial charge in [0.15, 0.2) is 0 Å². The van der Waals surface area contributed by atoms with Gasteiger partial charge in [0, 0.05) is 24.1 Å². The Kier molecular flexibility index (Phi) is 2.18. The first-order valence-corrected chi connectivity index (χ1v) is 4.60. The van der Waals surface area contributed by atoms with Crippen molar-refractivity contribution in [3.8, 4) is 0 Å². The molecule has 0 aliphatic carbocycles. The molecule has 16 heavy (non-hydrogen) atoms. The number of para-hydroxylation sites is 1. The Morgan fingerprint density at radius 3 is 2.62 bits per heavy atom. The number of carbonyl (C=O) groups is 1. The third-order valence-electron chi connectivity index (χ3n) is 2.50. The van der Waals surface area contributed by atoms with Gasteiger partial charge in [-0.2, -0.15) is 8.78 Å². The molecule has 0 aliphatic heterocycles. The van der Waals surface area contributed by atoms with Crippen molar-refractivity contribution in [2.45, 2.75) is 5.92 Å². The molecule has 2 aromatic rings. The second-order valence-corrected chi connectivity index (χ2v) is 3.55. The van der Waals surface area contributed by atoms with Gasteiger partial charge in [-0.25, -0.2) is 4.79 Å². The number of carboxylic acids is 1. The number of aliphatic carboxylic acids is 1. The van der Waals surface area contributed by atoms with E-state index in [9.17, 15) is 13.6 Å². The van der Waals surface area contributed by atoms with Gasteiger partial charge in [0.25, 0.3) is 0 Å². The fourth-order valence-electron chi connectivity index (χ4n) is 1.71. The maximum Gasteiger partial charge on any atom is 0.379 e. The fraction of sp³-hybridized carbons (Fsp3) is 0.182. The molecule has 1 aromatic heterocycles. The van der Waals surface area contributed by atoms with Crippen molar-refractivity contribution < 1.29 is 18.7 Å². The molecule has 0 unspecified atom stereocenters. The summed E-state index contributed by atoms with van der Waals surface area (Å²) < 4.78 is 28.3. The zero-order chi connectivity index (χ0) is 11.9. The van der Waals surface area contributed by atoms with Gasteiger partial charge in [-0.3, -0.25) is 0 Å². The van der Waals surface area contributed by atoms with Crippen molar-refractivity contribution in [2.75, 3.05) is 0 Å². The van der Waals surface area contributed by atoms with E-state index in [2.05, 4.69) is 0 Å². The minimum absolute atomic E-state index is 0.261. The number of hydrogen-bond acceptors (Lipinski definition) is 1. The van der Waals surface area contributed by atoms with Crippen molar-refractivity contribution >= 4 is 16.9 Å². The average Bonchev–Trinajstić information content (AvgIpc) is 2.57. The van der Waals surface area contributed by atoms with E-state index in [1.165, 1.54) is 10.6 Å². The SMILES string of the molecule is Cn1cc(C(F)(F)C(=O)O)c2ccccc21. The van der Waals surface area contributed by atoms with Crippen molar-refractivity contribution in [3.63, 3.8) is 0 Å². The van der Waals surface area contributed by atoms with E-state index in [0.29, 0.717) is 5.52 Å². The van der Waals surface area contributed by atoms with E-state index in [4.69, 9.17) is 5.11 Å². The van der Waals surface area contributed by atoms with E-state index in [1.807, 2.05) is 0 Å². The maximum absolute atomic E-state index is 13.4. The summed E-state index contributed by atoms with van der Waals surface area (Å²) in [4.78, 5) is 10.5. The minimum Gasteiger partial charge on any atom is -0.477 e. The summed E-state index contributed by atoms with van der Waals surface area (Å²) in [5.74, 6) is -6.00. The third kappa shape index (κ3) is 1.36. The summed E-state index contributed by atoms with van der Waals surface area (Å²) in [6.07, 6.45) is 1.15. The lowest BCUT2D eigenvalue weighted by atomic mass is 10.1. The number of fused-ring (bicyclic) bond motifs is 1. The molecule has 0 saturated heterocycles. The lowest BCUT2D eigenvalue weighted by Crippen LogP contribution is -2.24. The van der Waals surface area contributed by atoms with Crippen LogP contribution in [0.3, 0.4) is 0 Å². The molecule has 1 aromatic carbocycles. The lowest BCUT2D eigenvalue weighted by molar-refractivity contribution is -0.166. The lowest BCUT2D eigenvalue weighted by Gasteiger charge is -2.09. The number of alkyl halides is 2. The van der Waals surface area contributed by atoms with Crippen LogP contribution in [0.15, 0.2) is 30.5 Å². The Morgan fingerprint density at radius 1 is 1.38 bits per heavy atom. The number of aryl methyl sites for hydroxylation is 1. The molecule has 0 radical (unpaired) electrons. The van der Waals surface area contributed by atoms with Crippen molar-refractivity contribution in [2.24, 2.45) is 7.05 Å². The molecule has 0 aliphatic rings. The van der Waals surface area contributed by atoms with Crippen molar-refractivity contribution in [1.82, 2.24) is 4.57 Å². The van der Waals surface area contributed by atoms with Gasteiger partial charge in [0.1, 0.15) is 0 Å². The highest BCUT2D eigenvalue weighted by atomic mass is 19.3.